The highest BCUT2D eigenvalue weighted by molar-refractivity contribution is 7.89. The third-order valence-electron chi connectivity index (χ3n) is 2.61. The van der Waals surface area contributed by atoms with Crippen molar-refractivity contribution in [3.8, 4) is 0 Å². The molecule has 94 valence electrons. The van der Waals surface area contributed by atoms with E-state index in [0.717, 1.165) is 6.42 Å². The number of nitrogens with two attached hydrogens (primary N) is 1. The Morgan fingerprint density at radius 2 is 2.31 bits per heavy atom. The number of hydrogen-bond acceptors (Lipinski definition) is 4. The molecule has 1 fully saturated rings. The summed E-state index contributed by atoms with van der Waals surface area (Å²) in [6.45, 7) is 2.98. The smallest absolute Gasteiger partial charge is 0.217 e. The Morgan fingerprint density at radius 3 is 2.88 bits per heavy atom. The Morgan fingerprint density at radius 1 is 1.62 bits per heavy atom. The number of amidine groups is 1. The van der Waals surface area contributed by atoms with Crippen LogP contribution >= 0.6 is 0 Å². The molecule has 6 nitrogen and oxygen atoms in total. The zero-order chi connectivity index (χ0) is 12.2. The Balaban J connectivity index is 2.63. The van der Waals surface area contributed by atoms with Crippen molar-refractivity contribution < 1.29 is 13.2 Å². The molecule has 0 radical (unpaired) electrons. The first-order valence-electron chi connectivity index (χ1n) is 5.40. The summed E-state index contributed by atoms with van der Waals surface area (Å²) >= 11 is 0. The van der Waals surface area contributed by atoms with Crippen LogP contribution in [-0.2, 0) is 14.8 Å². The lowest BCUT2D eigenvalue weighted by Crippen LogP contribution is -2.44. The molecule has 0 amide bonds. The molecule has 3 N–H and O–H groups in total. The van der Waals surface area contributed by atoms with Crippen molar-refractivity contribution >= 4 is 15.9 Å². The molecule has 1 rings (SSSR count). The van der Waals surface area contributed by atoms with Gasteiger partial charge in [0.2, 0.25) is 10.0 Å². The second-order valence-corrected chi connectivity index (χ2v) is 5.78. The number of hydrogen-bond donors (Lipinski definition) is 2. The van der Waals surface area contributed by atoms with Gasteiger partial charge in [-0.15, -0.1) is 0 Å². The Hall–Kier alpha value is -0.660. The molecule has 0 aliphatic carbocycles. The van der Waals surface area contributed by atoms with Crippen molar-refractivity contribution in [3.63, 3.8) is 0 Å². The lowest BCUT2D eigenvalue weighted by molar-refractivity contribution is 0.162. The van der Waals surface area contributed by atoms with Gasteiger partial charge in [-0.2, -0.15) is 4.31 Å². The summed E-state index contributed by atoms with van der Waals surface area (Å²) in [5.41, 5.74) is 5.39. The molecule has 0 aromatic carbocycles. The SMILES string of the molecule is CCOCCS(=O)(=O)N1CCCC1C(=N)N. The highest BCUT2D eigenvalue weighted by atomic mass is 32.2. The molecule has 1 unspecified atom stereocenters. The molecule has 1 heterocycles. The second-order valence-electron chi connectivity index (χ2n) is 3.74. The van der Waals surface area contributed by atoms with E-state index in [0.29, 0.717) is 19.6 Å². The van der Waals surface area contributed by atoms with Crippen LogP contribution in [0.5, 0.6) is 0 Å². The summed E-state index contributed by atoms with van der Waals surface area (Å²) in [6, 6.07) is -0.452. The fourth-order valence-corrected chi connectivity index (χ4v) is 3.39. The van der Waals surface area contributed by atoms with Gasteiger partial charge in [-0.05, 0) is 19.8 Å². The van der Waals surface area contributed by atoms with E-state index in [-0.39, 0.29) is 18.2 Å². The number of ether oxygens (including phenoxy) is 1. The number of rotatable bonds is 6. The van der Waals surface area contributed by atoms with Gasteiger partial charge >= 0.3 is 0 Å². The molecular formula is C9H19N3O3S. The van der Waals surface area contributed by atoms with Crippen molar-refractivity contribution in [2.24, 2.45) is 5.73 Å². The zero-order valence-electron chi connectivity index (χ0n) is 9.48. The summed E-state index contributed by atoms with van der Waals surface area (Å²) < 4.78 is 30.2. The number of nitrogens with zero attached hydrogens (tertiary/aromatic N) is 1. The third-order valence-corrected chi connectivity index (χ3v) is 4.44. The van der Waals surface area contributed by atoms with Crippen LogP contribution in [-0.4, -0.2) is 50.1 Å². The molecule has 1 aliphatic heterocycles. The average molecular weight is 249 g/mol. The molecule has 0 saturated carbocycles. The van der Waals surface area contributed by atoms with E-state index in [1.807, 2.05) is 6.92 Å². The van der Waals surface area contributed by atoms with Crippen LogP contribution in [0.1, 0.15) is 19.8 Å². The van der Waals surface area contributed by atoms with Crippen LogP contribution < -0.4 is 5.73 Å². The summed E-state index contributed by atoms with van der Waals surface area (Å²) in [5, 5.41) is 7.36. The molecule has 0 aromatic heterocycles. The summed E-state index contributed by atoms with van der Waals surface area (Å²) in [6.07, 6.45) is 1.40. The van der Waals surface area contributed by atoms with Gasteiger partial charge in [-0.1, -0.05) is 0 Å². The molecule has 0 spiro atoms. The topological polar surface area (TPSA) is 96.5 Å². The minimum atomic E-state index is -3.34. The van der Waals surface area contributed by atoms with Gasteiger partial charge in [0.1, 0.15) is 5.84 Å². The standard InChI is InChI=1S/C9H19N3O3S/c1-2-15-6-7-16(13,14)12-5-3-4-8(12)9(10)11/h8H,2-7H2,1H3,(H3,10,11). The summed E-state index contributed by atoms with van der Waals surface area (Å²) in [4.78, 5) is 0. The molecule has 7 heteroatoms. The highest BCUT2D eigenvalue weighted by Gasteiger charge is 2.35. The minimum Gasteiger partial charge on any atom is -0.386 e. The first-order chi connectivity index (χ1) is 7.49. The van der Waals surface area contributed by atoms with Gasteiger partial charge in [0.25, 0.3) is 0 Å². The van der Waals surface area contributed by atoms with Crippen LogP contribution in [0.25, 0.3) is 0 Å². The van der Waals surface area contributed by atoms with E-state index in [1.165, 1.54) is 4.31 Å². The van der Waals surface area contributed by atoms with Crippen LogP contribution in [0.15, 0.2) is 0 Å². The number of sulfonamides is 1. The molecule has 0 bridgehead atoms. The molecule has 16 heavy (non-hydrogen) atoms. The van der Waals surface area contributed by atoms with Crippen LogP contribution in [0.2, 0.25) is 0 Å². The third kappa shape index (κ3) is 3.16. The quantitative estimate of drug-likeness (QED) is 0.385. The molecular weight excluding hydrogens is 230 g/mol. The average Bonchev–Trinajstić information content (AvgIpc) is 2.66. The Kier molecular flexibility index (Phi) is 4.69. The first kappa shape index (κ1) is 13.4. The predicted molar refractivity (Wildman–Crippen MR) is 61.9 cm³/mol. The van der Waals surface area contributed by atoms with Crippen molar-refractivity contribution in [3.05, 3.63) is 0 Å². The van der Waals surface area contributed by atoms with Gasteiger partial charge in [0, 0.05) is 13.2 Å². The van der Waals surface area contributed by atoms with Crippen molar-refractivity contribution in [1.29, 1.82) is 5.41 Å². The zero-order valence-corrected chi connectivity index (χ0v) is 10.3. The Labute approximate surface area is 96.3 Å². The Bertz CT molecular complexity index is 342. The van der Waals surface area contributed by atoms with Gasteiger partial charge < -0.3 is 10.5 Å². The normalized spacial score (nSPS) is 22.4. The molecule has 1 aliphatic rings. The predicted octanol–water partition coefficient (Wildman–Crippen LogP) is -0.247. The van der Waals surface area contributed by atoms with Gasteiger partial charge in [-0.25, -0.2) is 8.42 Å². The van der Waals surface area contributed by atoms with Gasteiger partial charge in [0.15, 0.2) is 0 Å². The number of nitrogens with one attached hydrogen (secondary N) is 1. The maximum absolute atomic E-state index is 11.9. The first-order valence-corrected chi connectivity index (χ1v) is 7.01. The van der Waals surface area contributed by atoms with E-state index in [1.54, 1.807) is 0 Å². The van der Waals surface area contributed by atoms with Crippen LogP contribution in [0.4, 0.5) is 0 Å². The lowest BCUT2D eigenvalue weighted by atomic mass is 10.2. The van der Waals surface area contributed by atoms with Crippen LogP contribution in [0.3, 0.4) is 0 Å². The van der Waals surface area contributed by atoms with Gasteiger partial charge in [0.05, 0.1) is 18.4 Å². The van der Waals surface area contributed by atoms with Crippen LogP contribution in [0, 0.1) is 5.41 Å². The maximum Gasteiger partial charge on any atom is 0.217 e. The summed E-state index contributed by atoms with van der Waals surface area (Å²) in [5.74, 6) is -0.109. The lowest BCUT2D eigenvalue weighted by Gasteiger charge is -2.22. The fraction of sp³-hybridized carbons (Fsp3) is 0.889. The van der Waals surface area contributed by atoms with E-state index in [2.05, 4.69) is 0 Å². The van der Waals surface area contributed by atoms with E-state index < -0.39 is 16.1 Å². The molecule has 1 atom stereocenters. The molecule has 0 aromatic rings. The van der Waals surface area contributed by atoms with Crippen molar-refractivity contribution in [2.45, 2.75) is 25.8 Å². The largest absolute Gasteiger partial charge is 0.386 e. The van der Waals surface area contributed by atoms with Crippen molar-refractivity contribution in [1.82, 2.24) is 4.31 Å². The fourth-order valence-electron chi connectivity index (χ4n) is 1.81. The van der Waals surface area contributed by atoms with E-state index in [9.17, 15) is 8.42 Å². The van der Waals surface area contributed by atoms with Crippen molar-refractivity contribution in [2.75, 3.05) is 25.5 Å². The van der Waals surface area contributed by atoms with E-state index in [4.69, 9.17) is 15.9 Å². The highest BCUT2D eigenvalue weighted by Crippen LogP contribution is 2.21. The minimum absolute atomic E-state index is 0.0371. The maximum atomic E-state index is 11.9. The second kappa shape index (κ2) is 5.60. The van der Waals surface area contributed by atoms with E-state index >= 15 is 0 Å². The van der Waals surface area contributed by atoms with Gasteiger partial charge in [-0.3, -0.25) is 5.41 Å². The molecule has 1 saturated heterocycles. The monoisotopic (exact) mass is 249 g/mol. The summed E-state index contributed by atoms with van der Waals surface area (Å²) in [7, 11) is -3.34.